The first-order valence-corrected chi connectivity index (χ1v) is 8.72. The van der Waals surface area contributed by atoms with E-state index in [0.717, 1.165) is 24.3 Å². The molecule has 2 heterocycles. The molecule has 0 saturated carbocycles. The van der Waals surface area contributed by atoms with Crippen LogP contribution in [0.1, 0.15) is 11.3 Å². The van der Waals surface area contributed by atoms with Crippen molar-refractivity contribution in [2.24, 2.45) is 4.99 Å². The number of aliphatic imine (C=N–C) groups is 1. The minimum atomic E-state index is -0.206. The Balaban J connectivity index is 0.00000261. The third-order valence-corrected chi connectivity index (χ3v) is 4.21. The zero-order chi connectivity index (χ0) is 18.2. The van der Waals surface area contributed by atoms with Crippen molar-refractivity contribution in [1.82, 2.24) is 15.6 Å². The van der Waals surface area contributed by atoms with Crippen LogP contribution < -0.4 is 15.5 Å². The molecule has 1 aliphatic heterocycles. The number of hydrogen-bond donors (Lipinski definition) is 2. The van der Waals surface area contributed by atoms with Crippen LogP contribution >= 0.6 is 24.0 Å². The Morgan fingerprint density at radius 2 is 1.96 bits per heavy atom. The summed E-state index contributed by atoms with van der Waals surface area (Å²) in [6.45, 7) is 3.78. The zero-order valence-corrected chi connectivity index (χ0v) is 17.7. The topological polar surface area (TPSA) is 61.8 Å². The van der Waals surface area contributed by atoms with Crippen molar-refractivity contribution in [2.45, 2.75) is 13.1 Å². The number of aromatic nitrogens is 1. The lowest BCUT2D eigenvalue weighted by Crippen LogP contribution is -2.37. The van der Waals surface area contributed by atoms with Gasteiger partial charge in [-0.2, -0.15) is 0 Å². The Bertz CT molecular complexity index is 738. The van der Waals surface area contributed by atoms with Gasteiger partial charge in [-0.25, -0.2) is 4.39 Å². The number of pyridine rings is 1. The van der Waals surface area contributed by atoms with Crippen LogP contribution in [0.2, 0.25) is 0 Å². The first-order chi connectivity index (χ1) is 12.8. The maximum Gasteiger partial charge on any atom is 0.191 e. The van der Waals surface area contributed by atoms with Gasteiger partial charge >= 0.3 is 0 Å². The lowest BCUT2D eigenvalue weighted by Gasteiger charge is -2.29. The highest BCUT2D eigenvalue weighted by atomic mass is 127. The summed E-state index contributed by atoms with van der Waals surface area (Å²) in [6.07, 6.45) is 1.76. The molecular weight excluding hydrogens is 460 g/mol. The molecule has 1 aromatic carbocycles. The molecule has 0 bridgehead atoms. The Kier molecular flexibility index (Phi) is 8.73. The number of nitrogens with one attached hydrogen (secondary N) is 2. The smallest absolute Gasteiger partial charge is 0.191 e. The van der Waals surface area contributed by atoms with Crippen molar-refractivity contribution in [3.8, 4) is 0 Å². The second kappa shape index (κ2) is 11.0. The fourth-order valence-corrected chi connectivity index (χ4v) is 2.80. The van der Waals surface area contributed by atoms with Gasteiger partial charge in [0.05, 0.1) is 31.1 Å². The molecule has 2 aromatic rings. The molecule has 0 atom stereocenters. The minimum Gasteiger partial charge on any atom is -0.378 e. The molecule has 27 heavy (non-hydrogen) atoms. The van der Waals surface area contributed by atoms with Gasteiger partial charge in [-0.3, -0.25) is 9.98 Å². The molecule has 0 amide bonds. The second-order valence-electron chi connectivity index (χ2n) is 5.99. The molecule has 1 fully saturated rings. The van der Waals surface area contributed by atoms with Gasteiger partial charge in [-0.1, -0.05) is 12.1 Å². The van der Waals surface area contributed by atoms with Crippen LogP contribution in [0.3, 0.4) is 0 Å². The normalized spacial score (nSPS) is 14.4. The number of halogens is 2. The molecule has 1 saturated heterocycles. The van der Waals surface area contributed by atoms with Crippen molar-refractivity contribution < 1.29 is 9.13 Å². The summed E-state index contributed by atoms with van der Waals surface area (Å²) in [5.41, 5.74) is 2.42. The van der Waals surface area contributed by atoms with Gasteiger partial charge < -0.3 is 20.3 Å². The van der Waals surface area contributed by atoms with E-state index in [1.165, 1.54) is 0 Å². The van der Waals surface area contributed by atoms with Gasteiger partial charge in [-0.15, -0.1) is 24.0 Å². The number of guanidine groups is 1. The highest BCUT2D eigenvalue weighted by Crippen LogP contribution is 2.21. The molecule has 0 unspecified atom stereocenters. The van der Waals surface area contributed by atoms with Crippen molar-refractivity contribution in [3.63, 3.8) is 0 Å². The van der Waals surface area contributed by atoms with Gasteiger partial charge in [0.15, 0.2) is 5.96 Å². The van der Waals surface area contributed by atoms with E-state index in [9.17, 15) is 4.39 Å². The van der Waals surface area contributed by atoms with Gasteiger partial charge in [0.25, 0.3) is 0 Å². The lowest BCUT2D eigenvalue weighted by molar-refractivity contribution is 0.122. The van der Waals surface area contributed by atoms with Crippen LogP contribution in [-0.2, 0) is 17.8 Å². The molecule has 8 heteroatoms. The number of rotatable bonds is 5. The molecular formula is C19H25FIN5O. The zero-order valence-electron chi connectivity index (χ0n) is 15.3. The monoisotopic (exact) mass is 485 g/mol. The summed E-state index contributed by atoms with van der Waals surface area (Å²) in [4.78, 5) is 10.5. The SMILES string of the molecule is CN=C(NCc1ccc(N2CCOCC2)c(F)c1)NCc1ccccn1.I. The number of benzene rings is 1. The Morgan fingerprint density at radius 1 is 1.19 bits per heavy atom. The summed E-state index contributed by atoms with van der Waals surface area (Å²) in [5.74, 6) is 0.441. The molecule has 146 valence electrons. The van der Waals surface area contributed by atoms with E-state index in [1.54, 1.807) is 19.3 Å². The van der Waals surface area contributed by atoms with Gasteiger partial charge in [0, 0.05) is 32.9 Å². The number of anilines is 1. The fourth-order valence-electron chi connectivity index (χ4n) is 2.80. The number of morpholine rings is 1. The van der Waals surface area contributed by atoms with Crippen LogP contribution in [0.4, 0.5) is 10.1 Å². The Hall–Kier alpha value is -1.94. The highest BCUT2D eigenvalue weighted by molar-refractivity contribution is 14.0. The van der Waals surface area contributed by atoms with Gasteiger partial charge in [0.1, 0.15) is 5.82 Å². The predicted molar refractivity (Wildman–Crippen MR) is 116 cm³/mol. The van der Waals surface area contributed by atoms with Crippen molar-refractivity contribution >= 4 is 35.6 Å². The summed E-state index contributed by atoms with van der Waals surface area (Å²) in [7, 11) is 1.70. The van der Waals surface area contributed by atoms with Crippen LogP contribution in [0.15, 0.2) is 47.6 Å². The molecule has 1 aromatic heterocycles. The van der Waals surface area contributed by atoms with Crippen LogP contribution in [-0.4, -0.2) is 44.3 Å². The molecule has 3 rings (SSSR count). The maximum absolute atomic E-state index is 14.4. The van der Waals surface area contributed by atoms with E-state index in [-0.39, 0.29) is 29.8 Å². The third kappa shape index (κ3) is 6.31. The minimum absolute atomic E-state index is 0. The molecule has 0 spiro atoms. The van der Waals surface area contributed by atoms with E-state index < -0.39 is 0 Å². The van der Waals surface area contributed by atoms with Crippen LogP contribution in [0, 0.1) is 5.82 Å². The summed E-state index contributed by atoms with van der Waals surface area (Å²) < 4.78 is 19.8. The molecule has 6 nitrogen and oxygen atoms in total. The summed E-state index contributed by atoms with van der Waals surface area (Å²) in [5, 5.41) is 6.39. The van der Waals surface area contributed by atoms with E-state index in [1.807, 2.05) is 35.2 Å². The molecule has 0 radical (unpaired) electrons. The third-order valence-electron chi connectivity index (χ3n) is 4.21. The standard InChI is InChI=1S/C19H24FN5O.HI/c1-21-19(24-14-16-4-2-3-7-22-16)23-13-15-5-6-18(17(20)12-15)25-8-10-26-11-9-25;/h2-7,12H,8-11,13-14H2,1H3,(H2,21,23,24);1H. The Labute approximate surface area is 176 Å². The van der Waals surface area contributed by atoms with Crippen molar-refractivity contribution in [3.05, 3.63) is 59.7 Å². The van der Waals surface area contributed by atoms with Gasteiger partial charge in [0.2, 0.25) is 0 Å². The largest absolute Gasteiger partial charge is 0.378 e. The maximum atomic E-state index is 14.4. The predicted octanol–water partition coefficient (Wildman–Crippen LogP) is 2.54. The molecule has 1 aliphatic rings. The van der Waals surface area contributed by atoms with E-state index >= 15 is 0 Å². The van der Waals surface area contributed by atoms with E-state index in [0.29, 0.717) is 38.0 Å². The fraction of sp³-hybridized carbons (Fsp3) is 0.368. The Morgan fingerprint density at radius 3 is 2.63 bits per heavy atom. The second-order valence-corrected chi connectivity index (χ2v) is 5.99. The molecule has 0 aliphatic carbocycles. The number of hydrogen-bond acceptors (Lipinski definition) is 4. The van der Waals surface area contributed by atoms with Crippen molar-refractivity contribution in [2.75, 3.05) is 38.3 Å². The highest BCUT2D eigenvalue weighted by Gasteiger charge is 2.15. The van der Waals surface area contributed by atoms with Crippen LogP contribution in [0.25, 0.3) is 0 Å². The van der Waals surface area contributed by atoms with Crippen LogP contribution in [0.5, 0.6) is 0 Å². The quantitative estimate of drug-likeness (QED) is 0.388. The van der Waals surface area contributed by atoms with E-state index in [4.69, 9.17) is 4.74 Å². The number of nitrogens with zero attached hydrogens (tertiary/aromatic N) is 3. The van der Waals surface area contributed by atoms with Gasteiger partial charge in [-0.05, 0) is 29.8 Å². The average Bonchev–Trinajstić information content (AvgIpc) is 2.69. The van der Waals surface area contributed by atoms with E-state index in [2.05, 4.69) is 20.6 Å². The summed E-state index contributed by atoms with van der Waals surface area (Å²) in [6, 6.07) is 11.1. The molecule has 2 N–H and O–H groups in total. The number of ether oxygens (including phenoxy) is 1. The first-order valence-electron chi connectivity index (χ1n) is 8.72. The average molecular weight is 485 g/mol. The van der Waals surface area contributed by atoms with Crippen molar-refractivity contribution in [1.29, 1.82) is 0 Å². The lowest BCUT2D eigenvalue weighted by atomic mass is 10.1. The summed E-state index contributed by atoms with van der Waals surface area (Å²) >= 11 is 0. The first kappa shape index (κ1) is 21.4.